The Balaban J connectivity index is 2.88. The molecule has 6 nitrogen and oxygen atoms in total. The fourth-order valence-corrected chi connectivity index (χ4v) is 2.88. The topological polar surface area (TPSA) is 104 Å². The Bertz CT molecular complexity index is 517. The van der Waals surface area contributed by atoms with Crippen molar-refractivity contribution in [3.05, 3.63) is 24.3 Å². The van der Waals surface area contributed by atoms with Crippen LogP contribution >= 0.6 is 0 Å². The zero-order valence-electron chi connectivity index (χ0n) is 11.8. The summed E-state index contributed by atoms with van der Waals surface area (Å²) < 4.78 is 26.8. The lowest BCUT2D eigenvalue weighted by Gasteiger charge is -2.18. The maximum Gasteiger partial charge on any atom is 0.242 e. The van der Waals surface area contributed by atoms with E-state index >= 15 is 0 Å². The summed E-state index contributed by atoms with van der Waals surface area (Å²) in [4.78, 5) is 0.186. The minimum absolute atomic E-state index is 0.186. The number of nitrogens with two attached hydrogens (primary N) is 1. The van der Waals surface area contributed by atoms with Crippen molar-refractivity contribution in [2.75, 3.05) is 18.4 Å². The molecule has 1 rings (SSSR count). The number of aliphatic hydroxyl groups is 1. The number of aliphatic hydroxyl groups excluding tert-OH is 1. The first kappa shape index (κ1) is 16.9. The lowest BCUT2D eigenvalue weighted by atomic mass is 10.2. The van der Waals surface area contributed by atoms with Crippen LogP contribution < -0.4 is 15.8 Å². The molecule has 0 radical (unpaired) electrons. The quantitative estimate of drug-likeness (QED) is 0.559. The fraction of sp³-hybridized carbons (Fsp3) is 0.538. The molecule has 0 bridgehead atoms. The van der Waals surface area contributed by atoms with E-state index in [-0.39, 0.29) is 11.4 Å². The van der Waals surface area contributed by atoms with Crippen molar-refractivity contribution in [2.24, 2.45) is 5.73 Å². The van der Waals surface area contributed by atoms with Crippen molar-refractivity contribution in [2.45, 2.75) is 37.3 Å². The Hall–Kier alpha value is -1.15. The third-order valence-electron chi connectivity index (χ3n) is 2.87. The smallest absolute Gasteiger partial charge is 0.242 e. The lowest BCUT2D eigenvalue weighted by Crippen LogP contribution is -2.39. The molecule has 0 fully saturated rings. The van der Waals surface area contributed by atoms with Gasteiger partial charge in [0.25, 0.3) is 0 Å². The summed E-state index contributed by atoms with van der Waals surface area (Å²) in [6.07, 6.45) is 0.0614. The van der Waals surface area contributed by atoms with Crippen LogP contribution in [0, 0.1) is 0 Å². The molecular formula is C13H23N3O3S. The van der Waals surface area contributed by atoms with Crippen molar-refractivity contribution >= 4 is 15.7 Å². The Kier molecular flexibility index (Phi) is 6.41. The predicted molar refractivity (Wildman–Crippen MR) is 80.1 cm³/mol. The molecule has 7 heteroatoms. The third-order valence-corrected chi connectivity index (χ3v) is 4.39. The van der Waals surface area contributed by atoms with Gasteiger partial charge < -0.3 is 16.2 Å². The van der Waals surface area contributed by atoms with Crippen LogP contribution in [0.1, 0.15) is 20.3 Å². The molecule has 0 heterocycles. The van der Waals surface area contributed by atoms with E-state index in [1.54, 1.807) is 25.1 Å². The van der Waals surface area contributed by atoms with Crippen molar-refractivity contribution in [1.82, 2.24) is 4.72 Å². The van der Waals surface area contributed by atoms with Gasteiger partial charge in [-0.1, -0.05) is 19.1 Å². The van der Waals surface area contributed by atoms with Crippen LogP contribution in [0.25, 0.3) is 0 Å². The van der Waals surface area contributed by atoms with Gasteiger partial charge in [-0.05, 0) is 25.5 Å². The van der Waals surface area contributed by atoms with Crippen LogP contribution in [-0.2, 0) is 10.0 Å². The van der Waals surface area contributed by atoms with Crippen molar-refractivity contribution < 1.29 is 13.5 Å². The largest absolute Gasteiger partial charge is 0.392 e. The standard InChI is InChI=1S/C13H23N3O3S/c1-3-8-16-20(18,19)13-7-5-4-6-12(13)15-9-11(14)10(2)17/h4-7,10-11,15-17H,3,8-9,14H2,1-2H3. The predicted octanol–water partition coefficient (Wildman–Crippen LogP) is 0.495. The molecule has 1 aromatic rings. The number of rotatable bonds is 8. The summed E-state index contributed by atoms with van der Waals surface area (Å²) in [5, 5.41) is 12.3. The summed E-state index contributed by atoms with van der Waals surface area (Å²) >= 11 is 0. The van der Waals surface area contributed by atoms with E-state index in [2.05, 4.69) is 10.0 Å². The third kappa shape index (κ3) is 4.75. The van der Waals surface area contributed by atoms with Gasteiger partial charge in [0.15, 0.2) is 0 Å². The highest BCUT2D eigenvalue weighted by Crippen LogP contribution is 2.20. The molecule has 2 atom stereocenters. The highest BCUT2D eigenvalue weighted by atomic mass is 32.2. The number of para-hydroxylation sites is 1. The van der Waals surface area contributed by atoms with Gasteiger partial charge in [-0.2, -0.15) is 0 Å². The van der Waals surface area contributed by atoms with Gasteiger partial charge in [0.05, 0.1) is 11.8 Å². The molecule has 0 aliphatic rings. The van der Waals surface area contributed by atoms with E-state index in [1.165, 1.54) is 6.07 Å². The maximum absolute atomic E-state index is 12.2. The summed E-state index contributed by atoms with van der Waals surface area (Å²) in [7, 11) is -3.54. The molecule has 0 saturated heterocycles. The van der Waals surface area contributed by atoms with Crippen LogP contribution in [-0.4, -0.2) is 38.8 Å². The molecule has 0 aliphatic heterocycles. The van der Waals surface area contributed by atoms with E-state index in [4.69, 9.17) is 5.73 Å². The Morgan fingerprint density at radius 3 is 2.60 bits per heavy atom. The second kappa shape index (κ2) is 7.58. The molecular weight excluding hydrogens is 278 g/mol. The number of anilines is 1. The molecule has 0 amide bonds. The average molecular weight is 301 g/mol. The molecule has 0 spiro atoms. The first-order valence-electron chi connectivity index (χ1n) is 6.64. The number of benzene rings is 1. The number of nitrogens with one attached hydrogen (secondary N) is 2. The lowest BCUT2D eigenvalue weighted by molar-refractivity contribution is 0.168. The Labute approximate surface area is 120 Å². The molecule has 0 aromatic heterocycles. The Morgan fingerprint density at radius 2 is 2.00 bits per heavy atom. The number of sulfonamides is 1. The zero-order valence-corrected chi connectivity index (χ0v) is 12.7. The van der Waals surface area contributed by atoms with Crippen LogP contribution in [0.4, 0.5) is 5.69 Å². The van der Waals surface area contributed by atoms with Crippen molar-refractivity contribution in [3.63, 3.8) is 0 Å². The molecule has 1 aromatic carbocycles. The van der Waals surface area contributed by atoms with E-state index in [0.717, 1.165) is 6.42 Å². The fourth-order valence-electron chi connectivity index (χ4n) is 1.56. The highest BCUT2D eigenvalue weighted by molar-refractivity contribution is 7.89. The van der Waals surface area contributed by atoms with Gasteiger partial charge in [-0.25, -0.2) is 13.1 Å². The second-order valence-electron chi connectivity index (χ2n) is 4.68. The van der Waals surface area contributed by atoms with Gasteiger partial charge in [0, 0.05) is 19.1 Å². The number of hydrogen-bond acceptors (Lipinski definition) is 5. The first-order chi connectivity index (χ1) is 9.38. The van der Waals surface area contributed by atoms with Gasteiger partial charge in [0.1, 0.15) is 4.90 Å². The summed E-state index contributed by atoms with van der Waals surface area (Å²) in [6, 6.07) is 6.16. The van der Waals surface area contributed by atoms with Gasteiger partial charge >= 0.3 is 0 Å². The molecule has 0 aliphatic carbocycles. The van der Waals surface area contributed by atoms with E-state index in [1.807, 2.05) is 6.92 Å². The second-order valence-corrected chi connectivity index (χ2v) is 6.41. The van der Waals surface area contributed by atoms with Gasteiger partial charge in [0.2, 0.25) is 10.0 Å². The van der Waals surface area contributed by atoms with Gasteiger partial charge in [-0.15, -0.1) is 0 Å². The molecule has 2 unspecified atom stereocenters. The first-order valence-corrected chi connectivity index (χ1v) is 8.13. The SMILES string of the molecule is CCCNS(=O)(=O)c1ccccc1NCC(N)C(C)O. The molecule has 0 saturated carbocycles. The summed E-state index contributed by atoms with van der Waals surface area (Å²) in [5.74, 6) is 0. The van der Waals surface area contributed by atoms with E-state index in [0.29, 0.717) is 12.2 Å². The van der Waals surface area contributed by atoms with Crippen LogP contribution in [0.2, 0.25) is 0 Å². The maximum atomic E-state index is 12.2. The van der Waals surface area contributed by atoms with Crippen molar-refractivity contribution in [1.29, 1.82) is 0 Å². The van der Waals surface area contributed by atoms with E-state index in [9.17, 15) is 13.5 Å². The minimum atomic E-state index is -3.54. The number of hydrogen-bond donors (Lipinski definition) is 4. The minimum Gasteiger partial charge on any atom is -0.392 e. The highest BCUT2D eigenvalue weighted by Gasteiger charge is 2.18. The van der Waals surface area contributed by atoms with Crippen LogP contribution in [0.3, 0.4) is 0 Å². The zero-order chi connectivity index (χ0) is 15.2. The van der Waals surface area contributed by atoms with Crippen molar-refractivity contribution in [3.8, 4) is 0 Å². The van der Waals surface area contributed by atoms with E-state index < -0.39 is 22.2 Å². The summed E-state index contributed by atoms with van der Waals surface area (Å²) in [6.45, 7) is 4.17. The monoisotopic (exact) mass is 301 g/mol. The van der Waals surface area contributed by atoms with Crippen LogP contribution in [0.15, 0.2) is 29.2 Å². The van der Waals surface area contributed by atoms with Gasteiger partial charge in [-0.3, -0.25) is 0 Å². The Morgan fingerprint density at radius 1 is 1.35 bits per heavy atom. The average Bonchev–Trinajstić information content (AvgIpc) is 2.42. The summed E-state index contributed by atoms with van der Waals surface area (Å²) in [5.41, 5.74) is 6.20. The normalized spacial score (nSPS) is 14.8. The molecule has 5 N–H and O–H groups in total. The molecule has 114 valence electrons. The molecule has 20 heavy (non-hydrogen) atoms. The van der Waals surface area contributed by atoms with Crippen LogP contribution in [0.5, 0.6) is 0 Å².